The standard InChI is InChI=1S/C23H22ClN3O3/c1-14-7-2-5-11-18(14)25-23(30)26-20-21(28)16-9-6-12-19(16)27(22(20)29)13-15-8-3-4-10-17(15)24/h2-5,7-8,10-11,28H,6,9,12-13H2,1H3,(H2,25,26,30). The van der Waals surface area contributed by atoms with Crippen LogP contribution in [0.4, 0.5) is 16.2 Å². The first-order chi connectivity index (χ1) is 14.5. The lowest BCUT2D eigenvalue weighted by molar-refractivity contribution is 0.262. The summed E-state index contributed by atoms with van der Waals surface area (Å²) < 4.78 is 1.60. The summed E-state index contributed by atoms with van der Waals surface area (Å²) in [5.41, 5.74) is 3.25. The number of halogens is 1. The van der Waals surface area contributed by atoms with Crippen LogP contribution >= 0.6 is 11.6 Å². The predicted molar refractivity (Wildman–Crippen MR) is 119 cm³/mol. The van der Waals surface area contributed by atoms with Crippen LogP contribution in [0.5, 0.6) is 5.75 Å². The Morgan fingerprint density at radius 3 is 2.60 bits per heavy atom. The molecule has 7 heteroatoms. The van der Waals surface area contributed by atoms with Crippen molar-refractivity contribution in [1.29, 1.82) is 0 Å². The lowest BCUT2D eigenvalue weighted by Gasteiger charge is -2.18. The van der Waals surface area contributed by atoms with Crippen molar-refractivity contribution in [3.05, 3.63) is 86.3 Å². The molecule has 0 unspecified atom stereocenters. The number of aromatic hydroxyl groups is 1. The van der Waals surface area contributed by atoms with E-state index in [0.29, 0.717) is 29.1 Å². The summed E-state index contributed by atoms with van der Waals surface area (Å²) >= 11 is 6.29. The lowest BCUT2D eigenvalue weighted by atomic mass is 10.1. The molecule has 0 fully saturated rings. The highest BCUT2D eigenvalue weighted by atomic mass is 35.5. The van der Waals surface area contributed by atoms with Crippen molar-refractivity contribution in [2.45, 2.75) is 32.7 Å². The number of carbonyl (C=O) groups excluding carboxylic acids is 1. The van der Waals surface area contributed by atoms with Crippen molar-refractivity contribution in [3.63, 3.8) is 0 Å². The van der Waals surface area contributed by atoms with Gasteiger partial charge < -0.3 is 15.0 Å². The molecule has 0 radical (unpaired) electrons. The van der Waals surface area contributed by atoms with E-state index in [-0.39, 0.29) is 18.0 Å². The molecule has 4 rings (SSSR count). The fourth-order valence-electron chi connectivity index (χ4n) is 3.85. The van der Waals surface area contributed by atoms with Crippen LogP contribution in [-0.4, -0.2) is 15.7 Å². The van der Waals surface area contributed by atoms with Gasteiger partial charge in [-0.15, -0.1) is 0 Å². The molecule has 154 valence electrons. The summed E-state index contributed by atoms with van der Waals surface area (Å²) in [7, 11) is 0. The average Bonchev–Trinajstić information content (AvgIpc) is 3.21. The molecule has 3 N–H and O–H groups in total. The molecule has 6 nitrogen and oxygen atoms in total. The van der Waals surface area contributed by atoms with E-state index in [2.05, 4.69) is 10.6 Å². The largest absolute Gasteiger partial charge is 0.505 e. The molecule has 0 saturated carbocycles. The van der Waals surface area contributed by atoms with Gasteiger partial charge in [0, 0.05) is 22.0 Å². The Labute approximate surface area is 179 Å². The third kappa shape index (κ3) is 3.78. The number of rotatable bonds is 4. The fraction of sp³-hybridized carbons (Fsp3) is 0.217. The molecule has 1 aliphatic carbocycles. The second-order valence-electron chi connectivity index (χ2n) is 7.38. The summed E-state index contributed by atoms with van der Waals surface area (Å²) in [5, 5.41) is 16.6. The van der Waals surface area contributed by atoms with E-state index in [1.54, 1.807) is 16.7 Å². The Morgan fingerprint density at radius 1 is 1.10 bits per heavy atom. The predicted octanol–water partition coefficient (Wildman–Crippen LogP) is 4.70. The zero-order valence-corrected chi connectivity index (χ0v) is 17.3. The van der Waals surface area contributed by atoms with E-state index in [1.165, 1.54) is 0 Å². The van der Waals surface area contributed by atoms with Crippen molar-refractivity contribution < 1.29 is 9.90 Å². The number of aryl methyl sites for hydroxylation is 1. The number of anilines is 2. The number of pyridine rings is 1. The van der Waals surface area contributed by atoms with E-state index < -0.39 is 11.6 Å². The number of benzene rings is 2. The summed E-state index contributed by atoms with van der Waals surface area (Å²) in [6.07, 6.45) is 2.18. The summed E-state index contributed by atoms with van der Waals surface area (Å²) in [6, 6.07) is 14.1. The third-order valence-electron chi connectivity index (χ3n) is 5.41. The molecule has 1 aromatic heterocycles. The number of hydrogen-bond donors (Lipinski definition) is 3. The van der Waals surface area contributed by atoms with E-state index in [4.69, 9.17) is 11.6 Å². The van der Waals surface area contributed by atoms with Gasteiger partial charge in [-0.2, -0.15) is 0 Å². The Kier molecular flexibility index (Phi) is 5.50. The van der Waals surface area contributed by atoms with Gasteiger partial charge in [-0.25, -0.2) is 4.79 Å². The summed E-state index contributed by atoms with van der Waals surface area (Å²) in [6.45, 7) is 2.15. The first-order valence-corrected chi connectivity index (χ1v) is 10.2. The maximum absolute atomic E-state index is 13.2. The number of urea groups is 1. The average molecular weight is 424 g/mol. The Morgan fingerprint density at radius 2 is 1.83 bits per heavy atom. The molecule has 30 heavy (non-hydrogen) atoms. The Hall–Kier alpha value is -3.25. The zero-order chi connectivity index (χ0) is 21.3. The van der Waals surface area contributed by atoms with Gasteiger partial charge in [0.25, 0.3) is 5.56 Å². The SMILES string of the molecule is Cc1ccccc1NC(=O)Nc1c(O)c2c(n(Cc3ccccc3Cl)c1=O)CCC2. The van der Waals surface area contributed by atoms with Crippen LogP contribution in [0.1, 0.15) is 28.8 Å². The van der Waals surface area contributed by atoms with E-state index in [0.717, 1.165) is 23.2 Å². The van der Waals surface area contributed by atoms with Crippen LogP contribution in [0, 0.1) is 6.92 Å². The number of carbonyl (C=O) groups is 1. The van der Waals surface area contributed by atoms with Gasteiger partial charge in [-0.3, -0.25) is 10.1 Å². The highest BCUT2D eigenvalue weighted by Gasteiger charge is 2.26. The number of amides is 2. The van der Waals surface area contributed by atoms with Crippen molar-refractivity contribution in [2.24, 2.45) is 0 Å². The molecule has 0 saturated heterocycles. The molecule has 2 aromatic carbocycles. The van der Waals surface area contributed by atoms with Crippen molar-refractivity contribution in [3.8, 4) is 5.75 Å². The monoisotopic (exact) mass is 423 g/mol. The first-order valence-electron chi connectivity index (χ1n) is 9.80. The summed E-state index contributed by atoms with van der Waals surface area (Å²) in [4.78, 5) is 25.8. The van der Waals surface area contributed by atoms with E-state index >= 15 is 0 Å². The topological polar surface area (TPSA) is 83.4 Å². The number of nitrogens with zero attached hydrogens (tertiary/aromatic N) is 1. The second kappa shape index (κ2) is 8.24. The van der Waals surface area contributed by atoms with Crippen molar-refractivity contribution in [2.75, 3.05) is 10.6 Å². The second-order valence-corrected chi connectivity index (χ2v) is 7.79. The maximum Gasteiger partial charge on any atom is 0.323 e. The van der Waals surface area contributed by atoms with Crippen LogP contribution in [0.3, 0.4) is 0 Å². The molecule has 0 atom stereocenters. The van der Waals surface area contributed by atoms with Crippen molar-refractivity contribution >= 4 is 29.0 Å². The zero-order valence-electron chi connectivity index (χ0n) is 16.5. The molecule has 0 aliphatic heterocycles. The van der Waals surface area contributed by atoms with Crippen molar-refractivity contribution in [1.82, 2.24) is 4.57 Å². The van der Waals surface area contributed by atoms with Crippen LogP contribution in [0.2, 0.25) is 5.02 Å². The van der Waals surface area contributed by atoms with Crippen LogP contribution in [0.25, 0.3) is 0 Å². The van der Waals surface area contributed by atoms with Crippen LogP contribution in [0.15, 0.2) is 53.3 Å². The molecule has 2 amide bonds. The van der Waals surface area contributed by atoms with Gasteiger partial charge in [-0.05, 0) is 49.4 Å². The van der Waals surface area contributed by atoms with Gasteiger partial charge in [0.15, 0.2) is 5.69 Å². The lowest BCUT2D eigenvalue weighted by Crippen LogP contribution is -2.31. The van der Waals surface area contributed by atoms with Gasteiger partial charge in [0.2, 0.25) is 0 Å². The normalized spacial score (nSPS) is 12.5. The highest BCUT2D eigenvalue weighted by molar-refractivity contribution is 6.31. The molecule has 3 aromatic rings. The molecule has 1 aliphatic rings. The van der Waals surface area contributed by atoms with Gasteiger partial charge in [-0.1, -0.05) is 48.0 Å². The maximum atomic E-state index is 13.2. The molecular formula is C23H22ClN3O3. The number of fused-ring (bicyclic) bond motifs is 1. The van der Waals surface area contributed by atoms with E-state index in [9.17, 15) is 14.7 Å². The minimum Gasteiger partial charge on any atom is -0.505 e. The smallest absolute Gasteiger partial charge is 0.323 e. The van der Waals surface area contributed by atoms with Gasteiger partial charge in [0.1, 0.15) is 5.75 Å². The minimum atomic E-state index is -0.584. The highest BCUT2D eigenvalue weighted by Crippen LogP contribution is 2.34. The van der Waals surface area contributed by atoms with Crippen LogP contribution in [-0.2, 0) is 19.4 Å². The van der Waals surface area contributed by atoms with Gasteiger partial charge >= 0.3 is 6.03 Å². The summed E-state index contributed by atoms with van der Waals surface area (Å²) in [5.74, 6) is -0.150. The molecular weight excluding hydrogens is 402 g/mol. The van der Waals surface area contributed by atoms with Gasteiger partial charge in [0.05, 0.1) is 6.54 Å². The molecule has 0 spiro atoms. The quantitative estimate of drug-likeness (QED) is 0.568. The first kappa shape index (κ1) is 20.0. The van der Waals surface area contributed by atoms with E-state index in [1.807, 2.05) is 43.3 Å². The molecule has 0 bridgehead atoms. The van der Waals surface area contributed by atoms with Crippen LogP contribution < -0.4 is 16.2 Å². The molecule has 1 heterocycles. The number of hydrogen-bond acceptors (Lipinski definition) is 3. The fourth-order valence-corrected chi connectivity index (χ4v) is 4.04. The number of nitrogens with one attached hydrogen (secondary N) is 2. The number of aromatic nitrogens is 1. The minimum absolute atomic E-state index is 0.117. The third-order valence-corrected chi connectivity index (χ3v) is 5.78. The Bertz CT molecular complexity index is 1190. The Balaban J connectivity index is 1.70. The number of para-hydroxylation sites is 1.